The van der Waals surface area contributed by atoms with Crippen LogP contribution in [0.4, 0.5) is 9.59 Å². The largest absolute Gasteiger partial charge is 0.478 e. The lowest BCUT2D eigenvalue weighted by Gasteiger charge is -2.38. The molecular formula is C32H36N2O7. The van der Waals surface area contributed by atoms with Crippen molar-refractivity contribution in [2.24, 2.45) is 0 Å². The third kappa shape index (κ3) is 6.09. The van der Waals surface area contributed by atoms with E-state index in [9.17, 15) is 19.5 Å². The molecule has 2 amide bonds. The zero-order valence-corrected chi connectivity index (χ0v) is 23.9. The molecule has 2 aliphatic rings. The molecule has 2 aromatic carbocycles. The Morgan fingerprint density at radius 2 is 1.59 bits per heavy atom. The van der Waals surface area contributed by atoms with Crippen molar-refractivity contribution in [3.63, 3.8) is 0 Å². The molecule has 1 saturated heterocycles. The monoisotopic (exact) mass is 560 g/mol. The summed E-state index contributed by atoms with van der Waals surface area (Å²) in [5.74, 6) is -0.537. The summed E-state index contributed by atoms with van der Waals surface area (Å²) in [6.07, 6.45) is 0.161. The van der Waals surface area contributed by atoms with Crippen LogP contribution in [0.25, 0.3) is 11.1 Å². The van der Waals surface area contributed by atoms with E-state index in [0.29, 0.717) is 31.7 Å². The van der Waals surface area contributed by atoms with Crippen LogP contribution in [0.5, 0.6) is 0 Å². The number of furan rings is 1. The minimum atomic E-state index is -1.09. The molecule has 0 saturated carbocycles. The molecule has 1 aliphatic carbocycles. The number of piperidine rings is 1. The molecule has 0 spiro atoms. The number of hydrogen-bond donors (Lipinski definition) is 1. The number of carbonyl (C=O) groups excluding carboxylic acids is 2. The van der Waals surface area contributed by atoms with Crippen molar-refractivity contribution in [1.29, 1.82) is 0 Å². The van der Waals surface area contributed by atoms with E-state index in [4.69, 9.17) is 13.9 Å². The number of aromatic carboxylic acids is 1. The van der Waals surface area contributed by atoms with Crippen molar-refractivity contribution in [3.8, 4) is 11.1 Å². The van der Waals surface area contributed by atoms with E-state index in [2.05, 4.69) is 24.3 Å². The molecule has 9 nitrogen and oxygen atoms in total. The van der Waals surface area contributed by atoms with Crippen LogP contribution >= 0.6 is 0 Å². The minimum Gasteiger partial charge on any atom is -0.478 e. The number of hydrogen-bond acceptors (Lipinski definition) is 6. The Morgan fingerprint density at radius 3 is 2.12 bits per heavy atom. The summed E-state index contributed by atoms with van der Waals surface area (Å²) in [4.78, 5) is 41.1. The highest BCUT2D eigenvalue weighted by Crippen LogP contribution is 2.44. The highest BCUT2D eigenvalue weighted by Gasteiger charge is 2.35. The first-order chi connectivity index (χ1) is 19.5. The molecule has 9 heteroatoms. The van der Waals surface area contributed by atoms with Gasteiger partial charge >= 0.3 is 18.2 Å². The molecule has 1 fully saturated rings. The SMILES string of the molecule is Cc1oc(CN(C(=O)OCC2c3ccccc3-c3ccccc32)C2CCN(C(=O)OC(C)(C)C)CC2)cc1C(=O)O. The van der Waals surface area contributed by atoms with Gasteiger partial charge in [-0.2, -0.15) is 0 Å². The molecule has 0 unspecified atom stereocenters. The molecule has 1 aromatic heterocycles. The van der Waals surface area contributed by atoms with Crippen molar-refractivity contribution >= 4 is 18.2 Å². The smallest absolute Gasteiger partial charge is 0.410 e. The van der Waals surface area contributed by atoms with Gasteiger partial charge in [-0.3, -0.25) is 4.90 Å². The highest BCUT2D eigenvalue weighted by atomic mass is 16.6. The number of amides is 2. The van der Waals surface area contributed by atoms with Gasteiger partial charge in [0.15, 0.2) is 0 Å². The molecule has 5 rings (SSSR count). The van der Waals surface area contributed by atoms with Crippen molar-refractivity contribution in [2.45, 2.75) is 64.6 Å². The topological polar surface area (TPSA) is 110 Å². The van der Waals surface area contributed by atoms with Crippen LogP contribution in [0.15, 0.2) is 59.0 Å². The van der Waals surface area contributed by atoms with E-state index in [-0.39, 0.29) is 42.5 Å². The van der Waals surface area contributed by atoms with E-state index in [1.807, 2.05) is 45.0 Å². The van der Waals surface area contributed by atoms with Crippen molar-refractivity contribution < 1.29 is 33.4 Å². The Kier molecular flexibility index (Phi) is 7.80. The minimum absolute atomic E-state index is 0.0574. The summed E-state index contributed by atoms with van der Waals surface area (Å²) >= 11 is 0. The summed E-state index contributed by atoms with van der Waals surface area (Å²) in [5, 5.41) is 9.48. The van der Waals surface area contributed by atoms with Crippen molar-refractivity contribution in [2.75, 3.05) is 19.7 Å². The summed E-state index contributed by atoms with van der Waals surface area (Å²) in [6.45, 7) is 8.13. The molecule has 1 N–H and O–H groups in total. The predicted molar refractivity (Wildman–Crippen MR) is 152 cm³/mol. The van der Waals surface area contributed by atoms with Crippen LogP contribution in [-0.2, 0) is 16.0 Å². The summed E-state index contributed by atoms with van der Waals surface area (Å²) in [7, 11) is 0. The Bertz CT molecular complexity index is 1400. The van der Waals surface area contributed by atoms with Crippen LogP contribution in [0.3, 0.4) is 0 Å². The highest BCUT2D eigenvalue weighted by molar-refractivity contribution is 5.88. The van der Waals surface area contributed by atoms with Gasteiger partial charge in [0.1, 0.15) is 29.3 Å². The number of fused-ring (bicyclic) bond motifs is 3. The maximum Gasteiger partial charge on any atom is 0.410 e. The van der Waals surface area contributed by atoms with Gasteiger partial charge in [-0.1, -0.05) is 48.5 Å². The van der Waals surface area contributed by atoms with E-state index < -0.39 is 17.7 Å². The van der Waals surface area contributed by atoms with Crippen LogP contribution in [0.2, 0.25) is 0 Å². The van der Waals surface area contributed by atoms with E-state index >= 15 is 0 Å². The Balaban J connectivity index is 1.33. The first-order valence-electron chi connectivity index (χ1n) is 13.9. The number of carboxylic acid groups (broad SMARTS) is 1. The number of carboxylic acids is 1. The van der Waals surface area contributed by atoms with Crippen molar-refractivity contribution in [3.05, 3.63) is 82.8 Å². The van der Waals surface area contributed by atoms with Crippen LogP contribution in [0.1, 0.15) is 72.5 Å². The lowest BCUT2D eigenvalue weighted by molar-refractivity contribution is 0.0124. The second kappa shape index (κ2) is 11.3. The number of benzene rings is 2. The van der Waals surface area contributed by atoms with Crippen molar-refractivity contribution in [1.82, 2.24) is 9.80 Å². The molecule has 41 heavy (non-hydrogen) atoms. The average molecular weight is 561 g/mol. The maximum atomic E-state index is 13.7. The molecule has 216 valence electrons. The molecule has 0 bridgehead atoms. The second-order valence-corrected chi connectivity index (χ2v) is 11.6. The quantitative estimate of drug-likeness (QED) is 0.370. The Morgan fingerprint density at radius 1 is 1.00 bits per heavy atom. The molecular weight excluding hydrogens is 524 g/mol. The molecule has 1 aliphatic heterocycles. The van der Waals surface area contributed by atoms with Gasteiger partial charge in [-0.05, 0) is 68.9 Å². The number of nitrogens with zero attached hydrogens (tertiary/aromatic N) is 2. The van der Waals surface area contributed by atoms with Crippen LogP contribution in [-0.4, -0.2) is 64.4 Å². The molecule has 0 atom stereocenters. The lowest BCUT2D eigenvalue weighted by atomic mass is 9.98. The normalized spacial score (nSPS) is 15.3. The fourth-order valence-corrected chi connectivity index (χ4v) is 5.71. The lowest BCUT2D eigenvalue weighted by Crippen LogP contribution is -2.49. The summed E-state index contributed by atoms with van der Waals surface area (Å²) < 4.78 is 17.2. The zero-order valence-electron chi connectivity index (χ0n) is 23.9. The first kappa shape index (κ1) is 28.3. The average Bonchev–Trinajstić information content (AvgIpc) is 3.47. The number of likely N-dealkylation sites (tertiary alicyclic amines) is 1. The van der Waals surface area contributed by atoms with E-state index in [0.717, 1.165) is 22.3 Å². The zero-order chi connectivity index (χ0) is 29.3. The number of aryl methyl sites for hydroxylation is 1. The maximum absolute atomic E-state index is 13.7. The standard InChI is InChI=1S/C32H36N2O7/c1-20-27(29(35)36)17-22(40-20)18-34(21-13-15-33(16-14-21)30(37)41-32(2,3)4)31(38)39-19-28-25-11-7-5-9-23(25)24-10-6-8-12-26(24)28/h5-12,17,21,28H,13-16,18-19H2,1-4H3,(H,35,36). The fourth-order valence-electron chi connectivity index (χ4n) is 5.71. The van der Waals surface area contributed by atoms with E-state index in [1.165, 1.54) is 6.07 Å². The van der Waals surface area contributed by atoms with Gasteiger partial charge in [0, 0.05) is 25.0 Å². The summed E-state index contributed by atoms with van der Waals surface area (Å²) in [6, 6.07) is 17.5. The third-order valence-corrected chi connectivity index (χ3v) is 7.65. The molecule has 3 aromatic rings. The van der Waals surface area contributed by atoms with Gasteiger partial charge in [-0.25, -0.2) is 14.4 Å². The number of carbonyl (C=O) groups is 3. The van der Waals surface area contributed by atoms with Gasteiger partial charge in [0.05, 0.1) is 6.54 Å². The van der Waals surface area contributed by atoms with Gasteiger partial charge in [0.25, 0.3) is 0 Å². The fraction of sp³-hybridized carbons (Fsp3) is 0.406. The second-order valence-electron chi connectivity index (χ2n) is 11.6. The van der Waals surface area contributed by atoms with E-state index in [1.54, 1.807) is 16.7 Å². The summed E-state index contributed by atoms with van der Waals surface area (Å²) in [5.41, 5.74) is 3.98. The molecule has 2 heterocycles. The Hall–Kier alpha value is -4.27. The molecule has 0 radical (unpaired) electrons. The Labute approximate surface area is 239 Å². The van der Waals surface area contributed by atoms with Crippen LogP contribution in [0, 0.1) is 6.92 Å². The predicted octanol–water partition coefficient (Wildman–Crippen LogP) is 6.44. The first-order valence-corrected chi connectivity index (χ1v) is 13.9. The number of rotatable bonds is 6. The van der Waals surface area contributed by atoms with Gasteiger partial charge < -0.3 is 23.9 Å². The number of ether oxygens (including phenoxy) is 2. The van der Waals surface area contributed by atoms with Gasteiger partial charge in [-0.15, -0.1) is 0 Å². The van der Waals surface area contributed by atoms with Crippen LogP contribution < -0.4 is 0 Å². The van der Waals surface area contributed by atoms with Gasteiger partial charge in [0.2, 0.25) is 0 Å². The third-order valence-electron chi connectivity index (χ3n) is 7.65.